The number of halogens is 1. The smallest absolute Gasteiger partial charge is 0.191 e. The molecule has 0 saturated heterocycles. The third kappa shape index (κ3) is 7.60. The lowest BCUT2D eigenvalue weighted by molar-refractivity contribution is 0.311. The number of nitrogens with zero attached hydrogens (tertiary/aromatic N) is 2. The maximum absolute atomic E-state index is 5.72. The molecule has 1 aromatic carbocycles. The van der Waals surface area contributed by atoms with Gasteiger partial charge in [0.05, 0.1) is 23.9 Å². The summed E-state index contributed by atoms with van der Waals surface area (Å²) in [5.41, 5.74) is 2.33. The van der Waals surface area contributed by atoms with E-state index in [1.54, 1.807) is 18.4 Å². The molecular formula is C18H27IN4OS. The molecule has 7 heteroatoms. The second-order valence-corrected chi connectivity index (χ2v) is 6.90. The second-order valence-electron chi connectivity index (χ2n) is 5.61. The summed E-state index contributed by atoms with van der Waals surface area (Å²) in [4.78, 5) is 9.93. The lowest BCUT2D eigenvalue weighted by atomic mass is 10.2. The number of aromatic nitrogens is 1. The fourth-order valence-corrected chi connectivity index (χ4v) is 3.10. The first kappa shape index (κ1) is 21.7. The number of hydrogen-bond donors (Lipinski definition) is 2. The topological polar surface area (TPSA) is 58.5 Å². The molecule has 138 valence electrons. The Morgan fingerprint density at radius 3 is 2.48 bits per heavy atom. The Morgan fingerprint density at radius 1 is 1.16 bits per heavy atom. The normalized spacial score (nSPS) is 11.0. The zero-order chi connectivity index (χ0) is 17.4. The predicted molar refractivity (Wildman–Crippen MR) is 116 cm³/mol. The standard InChI is InChI=1S/C18H26N4OS.HI/c1-13-6-8-16(9-7-13)23-11-5-10-20-18(19-4)21-12-17-14(2)22-15(3)24-17;/h6-9H,5,10-12H2,1-4H3,(H2,19,20,21);1H. The van der Waals surface area contributed by atoms with Crippen LogP contribution in [0.5, 0.6) is 5.75 Å². The minimum atomic E-state index is 0. The SMILES string of the molecule is CN=C(NCCCOc1ccc(C)cc1)NCc1sc(C)nc1C.I. The fraction of sp³-hybridized carbons (Fsp3) is 0.444. The molecule has 0 unspecified atom stereocenters. The van der Waals surface area contributed by atoms with Crippen LogP contribution in [0, 0.1) is 20.8 Å². The Morgan fingerprint density at radius 2 is 1.88 bits per heavy atom. The molecule has 0 fully saturated rings. The van der Waals surface area contributed by atoms with E-state index in [1.165, 1.54) is 10.4 Å². The molecule has 25 heavy (non-hydrogen) atoms. The van der Waals surface area contributed by atoms with Crippen LogP contribution in [0.25, 0.3) is 0 Å². The molecule has 0 spiro atoms. The van der Waals surface area contributed by atoms with E-state index in [0.29, 0.717) is 6.61 Å². The molecule has 1 aromatic heterocycles. The molecule has 0 aliphatic rings. The van der Waals surface area contributed by atoms with E-state index >= 15 is 0 Å². The highest BCUT2D eigenvalue weighted by Gasteiger charge is 2.05. The summed E-state index contributed by atoms with van der Waals surface area (Å²) in [6.07, 6.45) is 0.910. The van der Waals surface area contributed by atoms with Gasteiger partial charge in [0.1, 0.15) is 5.75 Å². The lowest BCUT2D eigenvalue weighted by Crippen LogP contribution is -2.37. The van der Waals surface area contributed by atoms with E-state index in [-0.39, 0.29) is 24.0 Å². The molecule has 2 N–H and O–H groups in total. The average Bonchev–Trinajstić information content (AvgIpc) is 2.89. The van der Waals surface area contributed by atoms with Crippen molar-refractivity contribution in [2.75, 3.05) is 20.2 Å². The Labute approximate surface area is 171 Å². The van der Waals surface area contributed by atoms with Crippen LogP contribution in [0.3, 0.4) is 0 Å². The van der Waals surface area contributed by atoms with Crippen LogP contribution >= 0.6 is 35.3 Å². The monoisotopic (exact) mass is 474 g/mol. The van der Waals surface area contributed by atoms with Gasteiger partial charge in [-0.1, -0.05) is 17.7 Å². The fourth-order valence-electron chi connectivity index (χ4n) is 2.23. The van der Waals surface area contributed by atoms with Gasteiger partial charge in [-0.05, 0) is 39.3 Å². The van der Waals surface area contributed by atoms with Crippen molar-refractivity contribution in [3.63, 3.8) is 0 Å². The summed E-state index contributed by atoms with van der Waals surface area (Å²) in [7, 11) is 1.78. The first-order valence-corrected chi connectivity index (χ1v) is 8.97. The van der Waals surface area contributed by atoms with Crippen molar-refractivity contribution in [2.45, 2.75) is 33.7 Å². The summed E-state index contributed by atoms with van der Waals surface area (Å²) < 4.78 is 5.72. The number of aliphatic imine (C=N–C) groups is 1. The Kier molecular flexibility index (Phi) is 9.81. The van der Waals surface area contributed by atoms with Crippen LogP contribution in [-0.2, 0) is 6.54 Å². The third-order valence-electron chi connectivity index (χ3n) is 3.54. The Bertz CT molecular complexity index is 670. The Balaban J connectivity index is 0.00000312. The zero-order valence-corrected chi connectivity index (χ0v) is 18.4. The van der Waals surface area contributed by atoms with Gasteiger partial charge >= 0.3 is 0 Å². The van der Waals surface area contributed by atoms with Crippen LogP contribution in [0.2, 0.25) is 0 Å². The van der Waals surface area contributed by atoms with Gasteiger partial charge < -0.3 is 15.4 Å². The van der Waals surface area contributed by atoms with Gasteiger partial charge in [-0.2, -0.15) is 0 Å². The van der Waals surface area contributed by atoms with E-state index in [9.17, 15) is 0 Å². The largest absolute Gasteiger partial charge is 0.494 e. The number of guanidine groups is 1. The molecule has 0 radical (unpaired) electrons. The number of hydrogen-bond acceptors (Lipinski definition) is 4. The van der Waals surface area contributed by atoms with Crippen LogP contribution in [0.4, 0.5) is 0 Å². The molecule has 0 amide bonds. The van der Waals surface area contributed by atoms with Crippen molar-refractivity contribution in [1.82, 2.24) is 15.6 Å². The van der Waals surface area contributed by atoms with Crippen LogP contribution < -0.4 is 15.4 Å². The molecule has 1 heterocycles. The molecule has 2 aromatic rings. The summed E-state index contributed by atoms with van der Waals surface area (Å²) >= 11 is 1.72. The molecule has 0 atom stereocenters. The van der Waals surface area contributed by atoms with Gasteiger partial charge in [0.2, 0.25) is 0 Å². The molecule has 0 bridgehead atoms. The van der Waals surface area contributed by atoms with Gasteiger partial charge in [0.15, 0.2) is 5.96 Å². The van der Waals surface area contributed by atoms with Crippen molar-refractivity contribution in [3.05, 3.63) is 45.4 Å². The first-order chi connectivity index (χ1) is 11.6. The maximum Gasteiger partial charge on any atom is 0.191 e. The minimum absolute atomic E-state index is 0. The highest BCUT2D eigenvalue weighted by atomic mass is 127. The predicted octanol–water partition coefficient (Wildman–Crippen LogP) is 3.82. The van der Waals surface area contributed by atoms with Gasteiger partial charge in [0.25, 0.3) is 0 Å². The van der Waals surface area contributed by atoms with E-state index in [1.807, 2.05) is 26.0 Å². The van der Waals surface area contributed by atoms with Gasteiger partial charge in [-0.15, -0.1) is 35.3 Å². The summed E-state index contributed by atoms with van der Waals surface area (Å²) in [6, 6.07) is 8.12. The van der Waals surface area contributed by atoms with Crippen LogP contribution in [0.15, 0.2) is 29.3 Å². The highest BCUT2D eigenvalue weighted by Crippen LogP contribution is 2.16. The summed E-state index contributed by atoms with van der Waals surface area (Å²) in [6.45, 7) is 8.38. The van der Waals surface area contributed by atoms with E-state index in [0.717, 1.165) is 41.9 Å². The molecule has 2 rings (SSSR count). The van der Waals surface area contributed by atoms with E-state index in [4.69, 9.17) is 4.74 Å². The highest BCUT2D eigenvalue weighted by molar-refractivity contribution is 14.0. The maximum atomic E-state index is 5.72. The number of aryl methyl sites for hydroxylation is 3. The summed E-state index contributed by atoms with van der Waals surface area (Å²) in [5, 5.41) is 7.73. The second kappa shape index (κ2) is 11.3. The Hall–Kier alpha value is -1.35. The molecular weight excluding hydrogens is 447 g/mol. The van der Waals surface area contributed by atoms with Crippen LogP contribution in [0.1, 0.15) is 27.6 Å². The first-order valence-electron chi connectivity index (χ1n) is 8.15. The van der Waals surface area contributed by atoms with Crippen LogP contribution in [-0.4, -0.2) is 31.1 Å². The third-order valence-corrected chi connectivity index (χ3v) is 4.62. The van der Waals surface area contributed by atoms with Crippen molar-refractivity contribution in [2.24, 2.45) is 4.99 Å². The van der Waals surface area contributed by atoms with E-state index in [2.05, 4.69) is 39.7 Å². The minimum Gasteiger partial charge on any atom is -0.494 e. The van der Waals surface area contributed by atoms with Crippen molar-refractivity contribution in [1.29, 1.82) is 0 Å². The van der Waals surface area contributed by atoms with Crippen molar-refractivity contribution < 1.29 is 4.74 Å². The summed E-state index contributed by atoms with van der Waals surface area (Å²) in [5.74, 6) is 1.72. The van der Waals surface area contributed by atoms with E-state index < -0.39 is 0 Å². The van der Waals surface area contributed by atoms with Gasteiger partial charge in [-0.3, -0.25) is 4.99 Å². The number of rotatable bonds is 7. The van der Waals surface area contributed by atoms with Gasteiger partial charge in [-0.25, -0.2) is 4.98 Å². The van der Waals surface area contributed by atoms with Crippen molar-refractivity contribution >= 4 is 41.3 Å². The average molecular weight is 474 g/mol. The van der Waals surface area contributed by atoms with Crippen molar-refractivity contribution in [3.8, 4) is 5.75 Å². The molecule has 0 saturated carbocycles. The number of thiazole rings is 1. The number of nitrogens with one attached hydrogen (secondary N) is 2. The lowest BCUT2D eigenvalue weighted by Gasteiger charge is -2.12. The molecule has 5 nitrogen and oxygen atoms in total. The number of ether oxygens (including phenoxy) is 1. The molecule has 0 aliphatic carbocycles. The quantitative estimate of drug-likeness (QED) is 0.277. The van der Waals surface area contributed by atoms with Gasteiger partial charge in [0, 0.05) is 18.5 Å². The zero-order valence-electron chi connectivity index (χ0n) is 15.3. The number of benzene rings is 1. The molecule has 0 aliphatic heterocycles.